The highest BCUT2D eigenvalue weighted by atomic mass is 35.5. The molecule has 1 amide bonds. The number of aromatic amines is 1. The summed E-state index contributed by atoms with van der Waals surface area (Å²) in [5.74, 6) is 0.532. The summed E-state index contributed by atoms with van der Waals surface area (Å²) in [5.41, 5.74) is 3.81. The highest BCUT2D eigenvalue weighted by Crippen LogP contribution is 2.30. The van der Waals surface area contributed by atoms with Crippen LogP contribution < -0.4 is 10.1 Å². The molecule has 4 rings (SSSR count). The van der Waals surface area contributed by atoms with Crippen LogP contribution in [0.25, 0.3) is 16.5 Å². The lowest BCUT2D eigenvalue weighted by molar-refractivity contribution is -0.130. The number of ether oxygens (including phenoxy) is 1. The Morgan fingerprint density at radius 3 is 2.93 bits per heavy atom. The van der Waals surface area contributed by atoms with Gasteiger partial charge in [0.05, 0.1) is 12.8 Å². The van der Waals surface area contributed by atoms with Crippen molar-refractivity contribution in [2.45, 2.75) is 12.8 Å². The summed E-state index contributed by atoms with van der Waals surface area (Å²) in [6.45, 7) is 1.73. The van der Waals surface area contributed by atoms with Gasteiger partial charge in [0.15, 0.2) is 0 Å². The van der Waals surface area contributed by atoms with Gasteiger partial charge in [-0.2, -0.15) is 0 Å². The van der Waals surface area contributed by atoms with Gasteiger partial charge >= 0.3 is 0 Å². The second kappa shape index (κ2) is 8.79. The summed E-state index contributed by atoms with van der Waals surface area (Å²) in [4.78, 5) is 17.6. The smallest absolute Gasteiger partial charge is 0.224 e. The standard InChI is InChI=1S/C23H23ClFN3O2/c1-30-22-5-2-16(24)12-21(22)26-9-6-23(29)28-10-7-15(8-11-28)19-14-27-20-13-17(25)3-4-18(19)20/h2-5,7,12-14,26-27H,6,8-11H2,1H3. The maximum atomic E-state index is 13.4. The first-order valence-electron chi connectivity index (χ1n) is 9.86. The van der Waals surface area contributed by atoms with E-state index in [-0.39, 0.29) is 11.7 Å². The quantitative estimate of drug-likeness (QED) is 0.576. The maximum absolute atomic E-state index is 13.4. The van der Waals surface area contributed by atoms with Crippen molar-refractivity contribution < 1.29 is 13.9 Å². The van der Waals surface area contributed by atoms with Crippen molar-refractivity contribution in [3.8, 4) is 5.75 Å². The molecule has 0 atom stereocenters. The fourth-order valence-electron chi connectivity index (χ4n) is 3.78. The Morgan fingerprint density at radius 1 is 1.30 bits per heavy atom. The molecule has 2 N–H and O–H groups in total. The van der Waals surface area contributed by atoms with E-state index in [0.29, 0.717) is 36.8 Å². The van der Waals surface area contributed by atoms with Crippen LogP contribution in [-0.4, -0.2) is 42.5 Å². The molecule has 0 unspecified atom stereocenters. The fraction of sp³-hybridized carbons (Fsp3) is 0.261. The minimum absolute atomic E-state index is 0.0970. The summed E-state index contributed by atoms with van der Waals surface area (Å²) in [7, 11) is 1.60. The summed E-state index contributed by atoms with van der Waals surface area (Å²) < 4.78 is 18.7. The molecule has 1 aliphatic rings. The summed E-state index contributed by atoms with van der Waals surface area (Å²) in [6.07, 6.45) is 5.15. The predicted molar refractivity (Wildman–Crippen MR) is 119 cm³/mol. The zero-order chi connectivity index (χ0) is 21.1. The Hall–Kier alpha value is -2.99. The van der Waals surface area contributed by atoms with Crippen LogP contribution in [0.5, 0.6) is 5.75 Å². The van der Waals surface area contributed by atoms with E-state index in [9.17, 15) is 9.18 Å². The Balaban J connectivity index is 1.35. The summed E-state index contributed by atoms with van der Waals surface area (Å²) in [5, 5.41) is 4.84. The van der Waals surface area contributed by atoms with Gasteiger partial charge in [-0.15, -0.1) is 0 Å². The first-order valence-corrected chi connectivity index (χ1v) is 10.2. The van der Waals surface area contributed by atoms with E-state index in [2.05, 4.69) is 16.4 Å². The van der Waals surface area contributed by atoms with Gasteiger partial charge in [0.2, 0.25) is 5.91 Å². The first kappa shape index (κ1) is 20.3. The minimum atomic E-state index is -0.255. The largest absolute Gasteiger partial charge is 0.495 e. The molecule has 1 aliphatic heterocycles. The molecule has 0 saturated carbocycles. The molecule has 0 bridgehead atoms. The van der Waals surface area contributed by atoms with Crippen molar-refractivity contribution >= 4 is 39.7 Å². The molecular weight excluding hydrogens is 405 g/mol. The van der Waals surface area contributed by atoms with Gasteiger partial charge in [-0.1, -0.05) is 17.7 Å². The number of benzene rings is 2. The van der Waals surface area contributed by atoms with Gasteiger partial charge in [-0.05, 0) is 48.4 Å². The van der Waals surface area contributed by atoms with E-state index in [1.54, 1.807) is 31.4 Å². The first-order chi connectivity index (χ1) is 14.5. The number of amides is 1. The lowest BCUT2D eigenvalue weighted by Gasteiger charge is -2.26. The molecule has 0 spiro atoms. The number of anilines is 1. The van der Waals surface area contributed by atoms with Crippen molar-refractivity contribution in [3.05, 3.63) is 65.1 Å². The summed E-state index contributed by atoms with van der Waals surface area (Å²) >= 11 is 6.04. The van der Waals surface area contributed by atoms with Gasteiger partial charge in [0.25, 0.3) is 0 Å². The third kappa shape index (κ3) is 4.28. The molecule has 1 aromatic heterocycles. The molecule has 156 valence electrons. The number of hydrogen-bond donors (Lipinski definition) is 2. The van der Waals surface area contributed by atoms with E-state index in [4.69, 9.17) is 16.3 Å². The zero-order valence-corrected chi connectivity index (χ0v) is 17.4. The number of hydrogen-bond acceptors (Lipinski definition) is 3. The molecule has 5 nitrogen and oxygen atoms in total. The number of nitrogens with one attached hydrogen (secondary N) is 2. The molecule has 7 heteroatoms. The summed E-state index contributed by atoms with van der Waals surface area (Å²) in [6, 6.07) is 10.1. The van der Waals surface area contributed by atoms with E-state index >= 15 is 0 Å². The second-order valence-electron chi connectivity index (χ2n) is 7.23. The van der Waals surface area contributed by atoms with Crippen LogP contribution in [0.1, 0.15) is 18.4 Å². The van der Waals surface area contributed by atoms with Gasteiger partial charge < -0.3 is 19.9 Å². The van der Waals surface area contributed by atoms with Crippen LogP contribution in [-0.2, 0) is 4.79 Å². The number of nitrogens with zero attached hydrogens (tertiary/aromatic N) is 1. The normalized spacial score (nSPS) is 14.0. The average molecular weight is 428 g/mol. The van der Waals surface area contributed by atoms with Crippen molar-refractivity contribution in [2.75, 3.05) is 32.1 Å². The number of rotatable bonds is 6. The van der Waals surface area contributed by atoms with Crippen LogP contribution in [0.3, 0.4) is 0 Å². The Labute approximate surface area is 179 Å². The molecule has 30 heavy (non-hydrogen) atoms. The lowest BCUT2D eigenvalue weighted by Crippen LogP contribution is -2.35. The van der Waals surface area contributed by atoms with E-state index in [1.165, 1.54) is 17.7 Å². The van der Waals surface area contributed by atoms with Crippen LogP contribution >= 0.6 is 11.6 Å². The fourth-order valence-corrected chi connectivity index (χ4v) is 3.96. The molecule has 0 radical (unpaired) electrons. The third-order valence-corrected chi connectivity index (χ3v) is 5.60. The average Bonchev–Trinajstić information content (AvgIpc) is 3.17. The number of carbonyl (C=O) groups is 1. The van der Waals surface area contributed by atoms with Crippen LogP contribution in [0.2, 0.25) is 5.02 Å². The van der Waals surface area contributed by atoms with E-state index in [1.807, 2.05) is 11.1 Å². The molecule has 0 aliphatic carbocycles. The predicted octanol–water partition coefficient (Wildman–Crippen LogP) is 5.09. The van der Waals surface area contributed by atoms with Gasteiger partial charge in [-0.3, -0.25) is 4.79 Å². The Bertz CT molecular complexity index is 1110. The Kier molecular flexibility index (Phi) is 5.95. The third-order valence-electron chi connectivity index (χ3n) is 5.37. The molecule has 0 saturated heterocycles. The van der Waals surface area contributed by atoms with E-state index in [0.717, 1.165) is 28.6 Å². The van der Waals surface area contributed by atoms with Gasteiger partial charge in [0.1, 0.15) is 11.6 Å². The number of aromatic nitrogens is 1. The minimum Gasteiger partial charge on any atom is -0.495 e. The highest BCUT2D eigenvalue weighted by molar-refractivity contribution is 6.30. The van der Waals surface area contributed by atoms with Crippen LogP contribution in [0.15, 0.2) is 48.7 Å². The Morgan fingerprint density at radius 2 is 2.17 bits per heavy atom. The molecule has 0 fully saturated rings. The van der Waals surface area contributed by atoms with Gasteiger partial charge in [0, 0.05) is 53.7 Å². The monoisotopic (exact) mass is 427 g/mol. The zero-order valence-electron chi connectivity index (χ0n) is 16.7. The van der Waals surface area contributed by atoms with Crippen molar-refractivity contribution in [2.24, 2.45) is 0 Å². The molecular formula is C23H23ClFN3O2. The molecule has 2 aromatic carbocycles. The highest BCUT2D eigenvalue weighted by Gasteiger charge is 2.19. The SMILES string of the molecule is COc1ccc(Cl)cc1NCCC(=O)N1CC=C(c2c[nH]c3cc(F)ccc23)CC1. The van der Waals surface area contributed by atoms with Crippen molar-refractivity contribution in [1.29, 1.82) is 0 Å². The molecule has 2 heterocycles. The number of H-pyrrole nitrogens is 1. The van der Waals surface area contributed by atoms with Crippen molar-refractivity contribution in [1.82, 2.24) is 9.88 Å². The van der Waals surface area contributed by atoms with Crippen molar-refractivity contribution in [3.63, 3.8) is 0 Å². The van der Waals surface area contributed by atoms with Crippen LogP contribution in [0.4, 0.5) is 10.1 Å². The lowest BCUT2D eigenvalue weighted by atomic mass is 9.99. The van der Waals surface area contributed by atoms with E-state index < -0.39 is 0 Å². The number of halogens is 2. The topological polar surface area (TPSA) is 57.4 Å². The number of fused-ring (bicyclic) bond motifs is 1. The maximum Gasteiger partial charge on any atom is 0.224 e. The molecule has 3 aromatic rings. The number of methoxy groups -OCH3 is 1. The number of carbonyl (C=O) groups excluding carboxylic acids is 1. The second-order valence-corrected chi connectivity index (χ2v) is 7.67. The van der Waals surface area contributed by atoms with Gasteiger partial charge in [-0.25, -0.2) is 4.39 Å². The van der Waals surface area contributed by atoms with Crippen LogP contribution in [0, 0.1) is 5.82 Å².